The van der Waals surface area contributed by atoms with Gasteiger partial charge in [0.2, 0.25) is 0 Å². The van der Waals surface area contributed by atoms with E-state index >= 15 is 0 Å². The molecular weight excluding hydrogens is 484 g/mol. The number of piperidine rings is 1. The number of hydrogen-bond donors (Lipinski definition) is 2. The number of methoxy groups -OCH3 is 1. The fraction of sp³-hybridized carbons (Fsp3) is 0.522. The van der Waals surface area contributed by atoms with E-state index in [1.165, 1.54) is 7.11 Å². The van der Waals surface area contributed by atoms with Gasteiger partial charge in [-0.05, 0) is 44.4 Å². The van der Waals surface area contributed by atoms with Gasteiger partial charge in [-0.1, -0.05) is 23.2 Å². The number of benzene rings is 1. The van der Waals surface area contributed by atoms with Gasteiger partial charge in [0.25, 0.3) is 5.91 Å². The third-order valence-corrected chi connectivity index (χ3v) is 6.95. The average Bonchev–Trinajstić information content (AvgIpc) is 2.84. The van der Waals surface area contributed by atoms with Gasteiger partial charge in [-0.25, -0.2) is 4.39 Å². The first kappa shape index (κ1) is 24.9. The highest BCUT2D eigenvalue weighted by Gasteiger charge is 2.31. The van der Waals surface area contributed by atoms with E-state index in [1.807, 2.05) is 0 Å². The lowest BCUT2D eigenvalue weighted by atomic mass is 10.00. The van der Waals surface area contributed by atoms with E-state index in [0.717, 1.165) is 12.8 Å². The number of alkyl halides is 1. The summed E-state index contributed by atoms with van der Waals surface area (Å²) < 4.78 is 24.5. The fourth-order valence-corrected chi connectivity index (χ4v) is 4.52. The summed E-state index contributed by atoms with van der Waals surface area (Å²) in [6.07, 6.45) is 1.15. The van der Waals surface area contributed by atoms with Crippen LogP contribution in [0.3, 0.4) is 0 Å². The molecule has 2 N–H and O–H groups in total. The van der Waals surface area contributed by atoms with Crippen molar-refractivity contribution in [3.63, 3.8) is 0 Å². The van der Waals surface area contributed by atoms with Crippen LogP contribution < -0.4 is 15.4 Å². The van der Waals surface area contributed by atoms with Crippen molar-refractivity contribution in [3.05, 3.63) is 39.5 Å². The van der Waals surface area contributed by atoms with Crippen LogP contribution in [0.2, 0.25) is 10.0 Å². The molecule has 2 saturated heterocycles. The van der Waals surface area contributed by atoms with Gasteiger partial charge < -0.3 is 25.0 Å². The number of hydrogen-bond acceptors (Lipinski definition) is 7. The smallest absolute Gasteiger partial charge is 0.318 e. The Morgan fingerprint density at radius 2 is 1.97 bits per heavy atom. The van der Waals surface area contributed by atoms with Crippen LogP contribution in [0, 0.1) is 6.92 Å². The minimum absolute atomic E-state index is 0.0848. The number of amides is 1. The summed E-state index contributed by atoms with van der Waals surface area (Å²) in [6, 6.07) is 5.18. The van der Waals surface area contributed by atoms with Crippen LogP contribution in [0.25, 0.3) is 0 Å². The van der Waals surface area contributed by atoms with Crippen molar-refractivity contribution in [2.24, 2.45) is 0 Å². The lowest BCUT2D eigenvalue weighted by Crippen LogP contribution is -2.52. The Morgan fingerprint density at radius 3 is 2.65 bits per heavy atom. The number of ether oxygens (including phenoxy) is 2. The number of likely N-dealkylation sites (tertiary alicyclic amines) is 1. The van der Waals surface area contributed by atoms with E-state index in [2.05, 4.69) is 20.6 Å². The molecule has 1 amide bonds. The van der Waals surface area contributed by atoms with Gasteiger partial charge in [0.05, 0.1) is 23.8 Å². The van der Waals surface area contributed by atoms with Crippen LogP contribution in [0.1, 0.15) is 35.3 Å². The third kappa shape index (κ3) is 5.71. The molecule has 2 aliphatic rings. The summed E-state index contributed by atoms with van der Waals surface area (Å²) in [5, 5.41) is 7.42. The minimum atomic E-state index is -0.994. The third-order valence-electron chi connectivity index (χ3n) is 6.21. The molecule has 0 aliphatic carbocycles. The highest BCUT2D eigenvalue weighted by molar-refractivity contribution is 6.42. The van der Waals surface area contributed by atoms with Crippen molar-refractivity contribution in [3.8, 4) is 6.01 Å². The summed E-state index contributed by atoms with van der Waals surface area (Å²) in [5.41, 5.74) is 1.54. The van der Waals surface area contributed by atoms with E-state index < -0.39 is 6.17 Å². The minimum Gasteiger partial charge on any atom is -0.467 e. The fourth-order valence-electron chi connectivity index (χ4n) is 4.22. The molecule has 0 bridgehead atoms. The van der Waals surface area contributed by atoms with Gasteiger partial charge in [-0.2, -0.15) is 9.97 Å². The topological polar surface area (TPSA) is 88.6 Å². The largest absolute Gasteiger partial charge is 0.467 e. The first-order valence-electron chi connectivity index (χ1n) is 11.3. The second kappa shape index (κ2) is 11.0. The highest BCUT2D eigenvalue weighted by atomic mass is 35.5. The van der Waals surface area contributed by atoms with Gasteiger partial charge >= 0.3 is 6.01 Å². The predicted octanol–water partition coefficient (Wildman–Crippen LogP) is 4.17. The van der Waals surface area contributed by atoms with E-state index in [4.69, 9.17) is 32.7 Å². The molecule has 0 radical (unpaired) electrons. The van der Waals surface area contributed by atoms with Crippen LogP contribution in [0.15, 0.2) is 18.2 Å². The van der Waals surface area contributed by atoms with Crippen molar-refractivity contribution < 1.29 is 18.7 Å². The van der Waals surface area contributed by atoms with Crippen molar-refractivity contribution in [1.29, 1.82) is 0 Å². The Hall–Kier alpha value is -2.20. The maximum absolute atomic E-state index is 14.1. The molecular formula is C23H28Cl2FN5O3. The molecule has 2 atom stereocenters. The highest BCUT2D eigenvalue weighted by Crippen LogP contribution is 2.29. The summed E-state index contributed by atoms with van der Waals surface area (Å²) in [6.45, 7) is 3.61. The standard InChI is InChI=1S/C23H28Cl2FN5O3/c1-13-20(29-23(33-2)30-21(13)28-15-3-4-16(24)17(25)11-15)22(32)31-8-5-14(6-9-31)27-19-7-10-34-12-18(19)26/h3-4,11,14,18-19,27H,5-10,12H2,1-2H3,(H,28,29,30). The molecule has 2 fully saturated rings. The van der Waals surface area contributed by atoms with Gasteiger partial charge in [0, 0.05) is 43.0 Å². The number of aromatic nitrogens is 2. The molecule has 4 rings (SSSR count). The molecule has 2 aliphatic heterocycles. The normalized spacial score (nSPS) is 21.4. The Morgan fingerprint density at radius 1 is 1.21 bits per heavy atom. The van der Waals surface area contributed by atoms with Crippen molar-refractivity contribution in [2.45, 2.75) is 44.4 Å². The quantitative estimate of drug-likeness (QED) is 0.601. The molecule has 8 nitrogen and oxygen atoms in total. The number of nitrogens with zero attached hydrogens (tertiary/aromatic N) is 3. The predicted molar refractivity (Wildman–Crippen MR) is 129 cm³/mol. The number of rotatable bonds is 6. The monoisotopic (exact) mass is 511 g/mol. The molecule has 184 valence electrons. The summed E-state index contributed by atoms with van der Waals surface area (Å²) in [7, 11) is 1.45. The first-order chi connectivity index (χ1) is 16.4. The molecule has 0 saturated carbocycles. The van der Waals surface area contributed by atoms with Gasteiger partial charge in [0.15, 0.2) is 0 Å². The van der Waals surface area contributed by atoms with Crippen LogP contribution in [-0.2, 0) is 4.74 Å². The molecule has 34 heavy (non-hydrogen) atoms. The molecule has 2 aromatic rings. The Bertz CT molecular complexity index is 1040. The molecule has 3 heterocycles. The summed E-state index contributed by atoms with van der Waals surface area (Å²) in [5.74, 6) is 0.252. The van der Waals surface area contributed by atoms with E-state index in [1.54, 1.807) is 30.0 Å². The van der Waals surface area contributed by atoms with Gasteiger partial charge in [-0.15, -0.1) is 0 Å². The zero-order valence-corrected chi connectivity index (χ0v) is 20.6. The van der Waals surface area contributed by atoms with Crippen LogP contribution in [0.4, 0.5) is 15.9 Å². The van der Waals surface area contributed by atoms with E-state index in [9.17, 15) is 9.18 Å². The number of anilines is 2. The summed E-state index contributed by atoms with van der Waals surface area (Å²) >= 11 is 12.1. The number of halogens is 3. The molecule has 11 heteroatoms. The van der Waals surface area contributed by atoms with Crippen LogP contribution >= 0.6 is 23.2 Å². The molecule has 1 aromatic heterocycles. The average molecular weight is 512 g/mol. The number of carbonyl (C=O) groups is 1. The van der Waals surface area contributed by atoms with E-state index in [0.29, 0.717) is 53.2 Å². The lowest BCUT2D eigenvalue weighted by molar-refractivity contribution is 0.00840. The van der Waals surface area contributed by atoms with Crippen molar-refractivity contribution in [2.75, 3.05) is 38.7 Å². The first-order valence-corrected chi connectivity index (χ1v) is 12.0. The maximum atomic E-state index is 14.1. The van der Waals surface area contributed by atoms with Gasteiger partial charge in [-0.3, -0.25) is 4.79 Å². The number of carbonyl (C=O) groups excluding carboxylic acids is 1. The van der Waals surface area contributed by atoms with Crippen LogP contribution in [0.5, 0.6) is 6.01 Å². The Labute approximate surface area is 208 Å². The molecule has 2 unspecified atom stereocenters. The van der Waals surface area contributed by atoms with Crippen molar-refractivity contribution >= 4 is 40.6 Å². The zero-order chi connectivity index (χ0) is 24.2. The van der Waals surface area contributed by atoms with Crippen LogP contribution in [-0.4, -0.2) is 72.4 Å². The van der Waals surface area contributed by atoms with Crippen molar-refractivity contribution in [1.82, 2.24) is 20.2 Å². The molecule has 0 spiro atoms. The Balaban J connectivity index is 1.45. The SMILES string of the molecule is COc1nc(Nc2ccc(Cl)c(Cl)c2)c(C)c(C(=O)N2CCC(NC3CCOCC3F)CC2)n1. The maximum Gasteiger partial charge on any atom is 0.318 e. The lowest BCUT2D eigenvalue weighted by Gasteiger charge is -2.36. The second-order valence-electron chi connectivity index (χ2n) is 8.51. The van der Waals surface area contributed by atoms with Gasteiger partial charge in [0.1, 0.15) is 17.7 Å². The van der Waals surface area contributed by atoms with E-state index in [-0.39, 0.29) is 36.3 Å². The number of nitrogens with one attached hydrogen (secondary N) is 2. The summed E-state index contributed by atoms with van der Waals surface area (Å²) in [4.78, 5) is 23.8. The Kier molecular flexibility index (Phi) is 8.08. The zero-order valence-electron chi connectivity index (χ0n) is 19.1. The molecule has 1 aromatic carbocycles. The second-order valence-corrected chi connectivity index (χ2v) is 9.32.